The fourth-order valence-electron chi connectivity index (χ4n) is 3.26. The van der Waals surface area contributed by atoms with Crippen molar-refractivity contribution in [2.45, 2.75) is 58.7 Å². The van der Waals surface area contributed by atoms with E-state index in [4.69, 9.17) is 9.47 Å². The van der Waals surface area contributed by atoms with E-state index < -0.39 is 17.7 Å². The first-order chi connectivity index (χ1) is 14.1. The molecule has 0 spiro atoms. The van der Waals surface area contributed by atoms with Crippen LogP contribution >= 0.6 is 0 Å². The van der Waals surface area contributed by atoms with Crippen LogP contribution in [0.1, 0.15) is 51.7 Å². The Morgan fingerprint density at radius 2 is 1.83 bits per heavy atom. The molecule has 2 aromatic carbocycles. The Morgan fingerprint density at radius 1 is 1.17 bits per heavy atom. The molecule has 30 heavy (non-hydrogen) atoms. The van der Waals surface area contributed by atoms with Gasteiger partial charge in [-0.3, -0.25) is 4.79 Å². The zero-order valence-corrected chi connectivity index (χ0v) is 18.3. The molecule has 0 saturated carbocycles. The smallest absolute Gasteiger partial charge is 0.408 e. The molecule has 0 aromatic heterocycles. The van der Waals surface area contributed by atoms with Gasteiger partial charge < -0.3 is 19.7 Å². The van der Waals surface area contributed by atoms with Crippen molar-refractivity contribution in [3.8, 4) is 5.75 Å². The van der Waals surface area contributed by atoms with Gasteiger partial charge in [0, 0.05) is 0 Å². The lowest BCUT2D eigenvalue weighted by Gasteiger charge is -2.26. The molecule has 1 aliphatic heterocycles. The van der Waals surface area contributed by atoms with Gasteiger partial charge in [-0.05, 0) is 49.9 Å². The van der Waals surface area contributed by atoms with E-state index in [0.29, 0.717) is 23.9 Å². The normalized spacial score (nSPS) is 16.5. The summed E-state index contributed by atoms with van der Waals surface area (Å²) in [5.41, 5.74) is 2.28. The number of nitrogens with zero attached hydrogens (tertiary/aromatic N) is 1. The molecule has 6 heteroatoms. The van der Waals surface area contributed by atoms with Gasteiger partial charge in [-0.2, -0.15) is 0 Å². The third-order valence-electron chi connectivity index (χ3n) is 4.80. The lowest BCUT2D eigenvalue weighted by molar-refractivity contribution is -0.121. The predicted molar refractivity (Wildman–Crippen MR) is 117 cm³/mol. The van der Waals surface area contributed by atoms with Crippen molar-refractivity contribution < 1.29 is 19.1 Å². The van der Waals surface area contributed by atoms with Gasteiger partial charge in [0.25, 0.3) is 5.91 Å². The molecule has 1 heterocycles. The zero-order valence-electron chi connectivity index (χ0n) is 18.3. The van der Waals surface area contributed by atoms with E-state index in [1.165, 1.54) is 5.56 Å². The Morgan fingerprint density at radius 3 is 2.47 bits per heavy atom. The number of hydrogen-bond donors (Lipinski definition) is 1. The zero-order chi connectivity index (χ0) is 21.9. The minimum Gasteiger partial charge on any atom is -0.489 e. The highest BCUT2D eigenvalue weighted by atomic mass is 16.6. The number of benzene rings is 2. The SMILES string of the molecule is CC(C)c1ccc(CN2C(=O)[C@@H](NC(=O)OC(C)(C)C)COc3ccccc32)cc1. The second-order valence-corrected chi connectivity index (χ2v) is 8.80. The number of fused-ring (bicyclic) bond motifs is 1. The number of carbonyl (C=O) groups excluding carboxylic acids is 2. The highest BCUT2D eigenvalue weighted by Crippen LogP contribution is 2.32. The van der Waals surface area contributed by atoms with E-state index in [2.05, 4.69) is 31.3 Å². The number of hydrogen-bond acceptors (Lipinski definition) is 4. The predicted octanol–water partition coefficient (Wildman–Crippen LogP) is 4.63. The summed E-state index contributed by atoms with van der Waals surface area (Å²) in [5, 5.41) is 2.66. The number of nitrogens with one attached hydrogen (secondary N) is 1. The summed E-state index contributed by atoms with van der Waals surface area (Å²) in [7, 11) is 0. The third kappa shape index (κ3) is 5.32. The molecular weight excluding hydrogens is 380 g/mol. The average molecular weight is 411 g/mol. The first-order valence-electron chi connectivity index (χ1n) is 10.3. The quantitative estimate of drug-likeness (QED) is 0.798. The summed E-state index contributed by atoms with van der Waals surface area (Å²) < 4.78 is 11.2. The molecule has 1 N–H and O–H groups in total. The Labute approximate surface area is 178 Å². The summed E-state index contributed by atoms with van der Waals surface area (Å²) in [6.45, 7) is 10.0. The number of rotatable bonds is 4. The van der Waals surface area contributed by atoms with Gasteiger partial charge in [0.1, 0.15) is 24.0 Å². The van der Waals surface area contributed by atoms with Crippen molar-refractivity contribution in [3.63, 3.8) is 0 Å². The molecule has 0 radical (unpaired) electrons. The van der Waals surface area contributed by atoms with Gasteiger partial charge >= 0.3 is 6.09 Å². The van der Waals surface area contributed by atoms with Gasteiger partial charge in [-0.1, -0.05) is 50.2 Å². The van der Waals surface area contributed by atoms with Crippen LogP contribution in [0.4, 0.5) is 10.5 Å². The molecule has 0 fully saturated rings. The molecule has 1 aliphatic rings. The van der Waals surface area contributed by atoms with Crippen molar-refractivity contribution in [2.24, 2.45) is 0 Å². The van der Waals surface area contributed by atoms with Crippen LogP contribution < -0.4 is 15.0 Å². The van der Waals surface area contributed by atoms with Crippen LogP contribution in [-0.2, 0) is 16.1 Å². The van der Waals surface area contributed by atoms with Crippen LogP contribution in [0.5, 0.6) is 5.75 Å². The molecule has 0 bridgehead atoms. The van der Waals surface area contributed by atoms with Gasteiger partial charge in [0.15, 0.2) is 0 Å². The minimum atomic E-state index is -0.845. The van der Waals surface area contributed by atoms with Crippen LogP contribution in [0.3, 0.4) is 0 Å². The van der Waals surface area contributed by atoms with Gasteiger partial charge in [0.2, 0.25) is 0 Å². The maximum absolute atomic E-state index is 13.4. The Balaban J connectivity index is 1.85. The van der Waals surface area contributed by atoms with Crippen molar-refractivity contribution in [1.82, 2.24) is 5.32 Å². The molecule has 0 saturated heterocycles. The second kappa shape index (κ2) is 8.78. The maximum atomic E-state index is 13.4. The third-order valence-corrected chi connectivity index (χ3v) is 4.80. The standard InChI is InChI=1S/C24H30N2O4/c1-16(2)18-12-10-17(11-13-18)14-26-20-8-6-7-9-21(20)29-15-19(22(26)27)25-23(28)30-24(3,4)5/h6-13,16,19H,14-15H2,1-5H3,(H,25,28)/t19-/m0/s1. The Kier molecular flexibility index (Phi) is 6.34. The highest BCUT2D eigenvalue weighted by Gasteiger charge is 2.33. The van der Waals surface area contributed by atoms with E-state index in [1.807, 2.05) is 36.4 Å². The number of alkyl carbamates (subject to hydrolysis) is 1. The summed E-state index contributed by atoms with van der Waals surface area (Å²) >= 11 is 0. The number of anilines is 1. The summed E-state index contributed by atoms with van der Waals surface area (Å²) in [5.74, 6) is 0.812. The summed E-state index contributed by atoms with van der Waals surface area (Å²) in [6, 6.07) is 14.8. The number of carbonyl (C=O) groups is 2. The van der Waals surface area contributed by atoms with E-state index >= 15 is 0 Å². The molecule has 1 atom stereocenters. The van der Waals surface area contributed by atoms with Crippen molar-refractivity contribution in [2.75, 3.05) is 11.5 Å². The molecule has 0 unspecified atom stereocenters. The fraction of sp³-hybridized carbons (Fsp3) is 0.417. The molecule has 6 nitrogen and oxygen atoms in total. The number of amides is 2. The van der Waals surface area contributed by atoms with Crippen LogP contribution in [0.25, 0.3) is 0 Å². The van der Waals surface area contributed by atoms with Crippen molar-refractivity contribution >= 4 is 17.7 Å². The molecule has 0 aliphatic carbocycles. The first-order valence-corrected chi connectivity index (χ1v) is 10.3. The molecule has 2 amide bonds. The Hall–Kier alpha value is -3.02. The van der Waals surface area contributed by atoms with Gasteiger partial charge in [0.05, 0.1) is 12.2 Å². The highest BCUT2D eigenvalue weighted by molar-refractivity contribution is 6.00. The van der Waals surface area contributed by atoms with Crippen LogP contribution in [0, 0.1) is 0 Å². The van der Waals surface area contributed by atoms with Crippen molar-refractivity contribution in [3.05, 3.63) is 59.7 Å². The summed E-state index contributed by atoms with van der Waals surface area (Å²) in [6.07, 6.45) is -0.642. The minimum absolute atomic E-state index is 0.0396. The van der Waals surface area contributed by atoms with E-state index in [0.717, 1.165) is 5.56 Å². The van der Waals surface area contributed by atoms with E-state index in [-0.39, 0.29) is 12.5 Å². The summed E-state index contributed by atoms with van der Waals surface area (Å²) in [4.78, 5) is 27.3. The van der Waals surface area contributed by atoms with Gasteiger partial charge in [-0.25, -0.2) is 4.79 Å². The van der Waals surface area contributed by atoms with E-state index in [9.17, 15) is 9.59 Å². The number of para-hydroxylation sites is 2. The lowest BCUT2D eigenvalue weighted by atomic mass is 10.0. The largest absolute Gasteiger partial charge is 0.489 e. The maximum Gasteiger partial charge on any atom is 0.408 e. The second-order valence-electron chi connectivity index (χ2n) is 8.80. The fourth-order valence-corrected chi connectivity index (χ4v) is 3.26. The number of ether oxygens (including phenoxy) is 2. The van der Waals surface area contributed by atoms with E-state index in [1.54, 1.807) is 25.7 Å². The molecule has 160 valence electrons. The van der Waals surface area contributed by atoms with Crippen LogP contribution in [0.15, 0.2) is 48.5 Å². The first kappa shape index (κ1) is 21.7. The topological polar surface area (TPSA) is 67.9 Å². The monoisotopic (exact) mass is 410 g/mol. The Bertz CT molecular complexity index is 900. The van der Waals surface area contributed by atoms with Crippen molar-refractivity contribution in [1.29, 1.82) is 0 Å². The van der Waals surface area contributed by atoms with Gasteiger partial charge in [-0.15, -0.1) is 0 Å². The molecular formula is C24H30N2O4. The molecule has 3 rings (SSSR count). The van der Waals surface area contributed by atoms with Crippen LogP contribution in [-0.4, -0.2) is 30.3 Å². The lowest BCUT2D eigenvalue weighted by Crippen LogP contribution is -2.51. The van der Waals surface area contributed by atoms with Crippen LogP contribution in [0.2, 0.25) is 0 Å². The molecule has 2 aromatic rings. The average Bonchev–Trinajstić information content (AvgIpc) is 2.79.